The van der Waals surface area contributed by atoms with Crippen molar-refractivity contribution < 1.29 is 9.50 Å². The van der Waals surface area contributed by atoms with Gasteiger partial charge in [-0.2, -0.15) is 0 Å². The number of hydrogen-bond donors (Lipinski definition) is 1. The van der Waals surface area contributed by atoms with Crippen molar-refractivity contribution in [2.75, 3.05) is 19.7 Å². The third-order valence-corrected chi connectivity index (χ3v) is 4.01. The van der Waals surface area contributed by atoms with E-state index in [9.17, 15) is 4.39 Å². The third-order valence-electron chi connectivity index (χ3n) is 4.01. The van der Waals surface area contributed by atoms with Crippen LogP contribution in [0.1, 0.15) is 5.56 Å². The number of benzene rings is 1. The van der Waals surface area contributed by atoms with E-state index in [4.69, 9.17) is 5.11 Å². The number of aliphatic hydroxyl groups excluding tert-OH is 1. The van der Waals surface area contributed by atoms with Crippen molar-refractivity contribution in [2.45, 2.75) is 6.54 Å². The second kappa shape index (κ2) is 3.82. The van der Waals surface area contributed by atoms with E-state index in [-0.39, 0.29) is 5.82 Å². The summed E-state index contributed by atoms with van der Waals surface area (Å²) >= 11 is 0. The standard InChI is InChI=1S/C13H16FNO/c14-13-4-2-1-3-9(13)5-15-6-10-11(7-15)12(10)8-16/h1-4,10-12,16H,5-8H2. The highest BCUT2D eigenvalue weighted by Crippen LogP contribution is 2.51. The number of piperidine rings is 1. The molecule has 1 N–H and O–H groups in total. The molecule has 86 valence electrons. The molecule has 1 saturated carbocycles. The number of hydrogen-bond acceptors (Lipinski definition) is 2. The first-order chi connectivity index (χ1) is 7.79. The van der Waals surface area contributed by atoms with Crippen molar-refractivity contribution >= 4 is 0 Å². The van der Waals surface area contributed by atoms with Crippen LogP contribution < -0.4 is 0 Å². The summed E-state index contributed by atoms with van der Waals surface area (Å²) in [5, 5.41) is 9.05. The van der Waals surface area contributed by atoms with Crippen molar-refractivity contribution in [1.29, 1.82) is 0 Å². The van der Waals surface area contributed by atoms with Gasteiger partial charge in [-0.25, -0.2) is 4.39 Å². The molecule has 0 radical (unpaired) electrons. The molecule has 1 aliphatic carbocycles. The molecule has 3 heteroatoms. The second-order valence-corrected chi connectivity index (χ2v) is 4.96. The number of likely N-dealkylation sites (tertiary alicyclic amines) is 1. The molecular weight excluding hydrogens is 205 g/mol. The van der Waals surface area contributed by atoms with Gasteiger partial charge < -0.3 is 5.11 Å². The lowest BCUT2D eigenvalue weighted by atomic mass is 10.2. The topological polar surface area (TPSA) is 23.5 Å². The molecule has 2 nitrogen and oxygen atoms in total. The number of nitrogens with zero attached hydrogens (tertiary/aromatic N) is 1. The molecule has 1 aliphatic heterocycles. The van der Waals surface area contributed by atoms with E-state index in [1.807, 2.05) is 12.1 Å². The van der Waals surface area contributed by atoms with Gasteiger partial charge >= 0.3 is 0 Å². The van der Waals surface area contributed by atoms with Crippen LogP contribution in [-0.2, 0) is 6.54 Å². The van der Waals surface area contributed by atoms with E-state index >= 15 is 0 Å². The molecule has 0 spiro atoms. The monoisotopic (exact) mass is 221 g/mol. The molecule has 2 aliphatic rings. The molecule has 3 rings (SSSR count). The minimum absolute atomic E-state index is 0.109. The maximum absolute atomic E-state index is 13.4. The molecule has 1 aromatic carbocycles. The van der Waals surface area contributed by atoms with Gasteiger partial charge in [0, 0.05) is 31.8 Å². The van der Waals surface area contributed by atoms with Gasteiger partial charge in [0.25, 0.3) is 0 Å². The summed E-state index contributed by atoms with van der Waals surface area (Å²) in [6, 6.07) is 6.97. The van der Waals surface area contributed by atoms with E-state index in [0.717, 1.165) is 18.7 Å². The summed E-state index contributed by atoms with van der Waals surface area (Å²) in [7, 11) is 0. The zero-order valence-electron chi connectivity index (χ0n) is 9.14. The summed E-state index contributed by atoms with van der Waals surface area (Å²) in [4.78, 5) is 2.29. The summed E-state index contributed by atoms with van der Waals surface area (Å²) in [6.45, 7) is 3.06. The van der Waals surface area contributed by atoms with Gasteiger partial charge in [0.2, 0.25) is 0 Å². The molecular formula is C13H16FNO. The summed E-state index contributed by atoms with van der Waals surface area (Å²) in [5.74, 6) is 1.74. The second-order valence-electron chi connectivity index (χ2n) is 4.96. The quantitative estimate of drug-likeness (QED) is 0.836. The van der Waals surface area contributed by atoms with Crippen molar-refractivity contribution in [3.05, 3.63) is 35.6 Å². The van der Waals surface area contributed by atoms with Crippen molar-refractivity contribution in [2.24, 2.45) is 17.8 Å². The third kappa shape index (κ3) is 1.64. The number of aliphatic hydroxyl groups is 1. The highest BCUT2D eigenvalue weighted by Gasteiger charge is 2.54. The zero-order chi connectivity index (χ0) is 11.1. The van der Waals surface area contributed by atoms with Gasteiger partial charge in [-0.3, -0.25) is 4.90 Å². The van der Waals surface area contributed by atoms with E-state index in [0.29, 0.717) is 30.9 Å². The Labute approximate surface area is 94.7 Å². The van der Waals surface area contributed by atoms with Crippen molar-refractivity contribution in [1.82, 2.24) is 4.90 Å². The predicted molar refractivity (Wildman–Crippen MR) is 59.2 cm³/mol. The summed E-state index contributed by atoms with van der Waals surface area (Å²) < 4.78 is 13.4. The highest BCUT2D eigenvalue weighted by atomic mass is 19.1. The van der Waals surface area contributed by atoms with Gasteiger partial charge in [-0.05, 0) is 23.8 Å². The van der Waals surface area contributed by atoms with Gasteiger partial charge in [0.15, 0.2) is 0 Å². The fourth-order valence-corrected chi connectivity index (χ4v) is 3.00. The minimum Gasteiger partial charge on any atom is -0.396 e. The van der Waals surface area contributed by atoms with Crippen molar-refractivity contribution in [3.63, 3.8) is 0 Å². The normalized spacial score (nSPS) is 32.8. The van der Waals surface area contributed by atoms with Gasteiger partial charge in [-0.1, -0.05) is 18.2 Å². The predicted octanol–water partition coefficient (Wildman–Crippen LogP) is 1.50. The molecule has 0 amide bonds. The van der Waals surface area contributed by atoms with E-state index in [1.165, 1.54) is 6.07 Å². The summed E-state index contributed by atoms with van der Waals surface area (Å²) in [5.41, 5.74) is 0.782. The first-order valence-electron chi connectivity index (χ1n) is 5.86. The van der Waals surface area contributed by atoms with E-state index < -0.39 is 0 Å². The fourth-order valence-electron chi connectivity index (χ4n) is 3.00. The molecule has 0 aromatic heterocycles. The first-order valence-corrected chi connectivity index (χ1v) is 5.86. The molecule has 1 saturated heterocycles. The Morgan fingerprint density at radius 1 is 1.25 bits per heavy atom. The summed E-state index contributed by atoms with van der Waals surface area (Å²) in [6.07, 6.45) is 0. The molecule has 2 atom stereocenters. The lowest BCUT2D eigenvalue weighted by Crippen LogP contribution is -2.25. The van der Waals surface area contributed by atoms with Crippen LogP contribution in [0.3, 0.4) is 0 Å². The molecule has 16 heavy (non-hydrogen) atoms. The Bertz CT molecular complexity index is 383. The van der Waals surface area contributed by atoms with Crippen LogP contribution in [-0.4, -0.2) is 29.7 Å². The maximum atomic E-state index is 13.4. The Hall–Kier alpha value is -0.930. The van der Waals surface area contributed by atoms with Crippen molar-refractivity contribution in [3.8, 4) is 0 Å². The lowest BCUT2D eigenvalue weighted by Gasteiger charge is -2.19. The number of halogens is 1. The van der Waals surface area contributed by atoms with Gasteiger partial charge in [-0.15, -0.1) is 0 Å². The Morgan fingerprint density at radius 2 is 1.94 bits per heavy atom. The largest absolute Gasteiger partial charge is 0.396 e. The molecule has 0 bridgehead atoms. The number of fused-ring (bicyclic) bond motifs is 1. The maximum Gasteiger partial charge on any atom is 0.127 e. The number of rotatable bonds is 3. The Balaban J connectivity index is 1.60. The molecule has 1 heterocycles. The average molecular weight is 221 g/mol. The Kier molecular flexibility index (Phi) is 2.45. The lowest BCUT2D eigenvalue weighted by molar-refractivity contribution is 0.216. The average Bonchev–Trinajstić information content (AvgIpc) is 2.76. The van der Waals surface area contributed by atoms with Crippen LogP contribution in [0.2, 0.25) is 0 Å². The SMILES string of the molecule is OCC1C2CN(Cc3ccccc3F)CC12. The first kappa shape index (κ1) is 10.2. The van der Waals surface area contributed by atoms with Crippen LogP contribution in [0.5, 0.6) is 0 Å². The van der Waals surface area contributed by atoms with E-state index in [2.05, 4.69) is 4.90 Å². The molecule has 2 unspecified atom stereocenters. The van der Waals surface area contributed by atoms with Crippen LogP contribution in [0.25, 0.3) is 0 Å². The van der Waals surface area contributed by atoms with Crippen LogP contribution in [0.4, 0.5) is 4.39 Å². The Morgan fingerprint density at radius 3 is 2.56 bits per heavy atom. The van der Waals surface area contributed by atoms with E-state index in [1.54, 1.807) is 6.07 Å². The van der Waals surface area contributed by atoms with Crippen LogP contribution in [0, 0.1) is 23.6 Å². The zero-order valence-corrected chi connectivity index (χ0v) is 9.14. The van der Waals surface area contributed by atoms with Gasteiger partial charge in [0.1, 0.15) is 5.82 Å². The molecule has 1 aromatic rings. The highest BCUT2D eigenvalue weighted by molar-refractivity contribution is 5.18. The fraction of sp³-hybridized carbons (Fsp3) is 0.538. The van der Waals surface area contributed by atoms with Crippen LogP contribution in [0.15, 0.2) is 24.3 Å². The molecule has 2 fully saturated rings. The van der Waals surface area contributed by atoms with Crippen LogP contribution >= 0.6 is 0 Å². The van der Waals surface area contributed by atoms with Gasteiger partial charge in [0.05, 0.1) is 0 Å². The minimum atomic E-state index is -0.109. The smallest absolute Gasteiger partial charge is 0.127 e.